The highest BCUT2D eigenvalue weighted by molar-refractivity contribution is 5.96. The highest BCUT2D eigenvalue weighted by Crippen LogP contribution is 2.25. The van der Waals surface area contributed by atoms with Crippen LogP contribution in [0.1, 0.15) is 26.7 Å². The first-order chi connectivity index (χ1) is 6.52. The SMILES string of the molecule is CCOC(=O)C(C=O)(CC)CC(=O)O. The Bertz CT molecular complexity index is 235. The molecule has 0 heterocycles. The number of hydrogen-bond donors (Lipinski definition) is 1. The van der Waals surface area contributed by atoms with E-state index >= 15 is 0 Å². The quantitative estimate of drug-likeness (QED) is 0.388. The molecule has 0 spiro atoms. The summed E-state index contributed by atoms with van der Waals surface area (Å²) < 4.78 is 4.66. The lowest BCUT2D eigenvalue weighted by Crippen LogP contribution is -2.36. The number of carboxylic acid groups (broad SMARTS) is 1. The molecule has 80 valence electrons. The predicted molar refractivity (Wildman–Crippen MR) is 47.7 cm³/mol. The van der Waals surface area contributed by atoms with Crippen molar-refractivity contribution in [1.29, 1.82) is 0 Å². The van der Waals surface area contributed by atoms with E-state index in [2.05, 4.69) is 4.74 Å². The third-order valence-electron chi connectivity index (χ3n) is 2.01. The van der Waals surface area contributed by atoms with E-state index in [-0.39, 0.29) is 13.0 Å². The fourth-order valence-corrected chi connectivity index (χ4v) is 1.06. The van der Waals surface area contributed by atoms with Gasteiger partial charge in [0.15, 0.2) is 0 Å². The van der Waals surface area contributed by atoms with Crippen molar-refractivity contribution < 1.29 is 24.2 Å². The van der Waals surface area contributed by atoms with Crippen molar-refractivity contribution in [2.24, 2.45) is 5.41 Å². The lowest BCUT2D eigenvalue weighted by molar-refractivity contribution is -0.162. The van der Waals surface area contributed by atoms with Crippen LogP contribution < -0.4 is 0 Å². The largest absolute Gasteiger partial charge is 0.481 e. The van der Waals surface area contributed by atoms with Crippen LogP contribution >= 0.6 is 0 Å². The van der Waals surface area contributed by atoms with Gasteiger partial charge in [0.05, 0.1) is 13.0 Å². The van der Waals surface area contributed by atoms with Gasteiger partial charge in [-0.3, -0.25) is 9.59 Å². The zero-order valence-electron chi connectivity index (χ0n) is 8.28. The van der Waals surface area contributed by atoms with Gasteiger partial charge in [-0.15, -0.1) is 0 Å². The van der Waals surface area contributed by atoms with Gasteiger partial charge < -0.3 is 14.6 Å². The summed E-state index contributed by atoms with van der Waals surface area (Å²) in [5.41, 5.74) is -1.53. The normalized spacial score (nSPS) is 14.1. The van der Waals surface area contributed by atoms with Crippen molar-refractivity contribution in [1.82, 2.24) is 0 Å². The number of hydrogen-bond acceptors (Lipinski definition) is 4. The van der Waals surface area contributed by atoms with Crippen molar-refractivity contribution in [3.05, 3.63) is 0 Å². The summed E-state index contributed by atoms with van der Waals surface area (Å²) in [6, 6.07) is 0. The summed E-state index contributed by atoms with van der Waals surface area (Å²) in [6.07, 6.45) is -0.0351. The summed E-state index contributed by atoms with van der Waals surface area (Å²) in [5, 5.41) is 8.56. The number of carbonyl (C=O) groups is 3. The number of aliphatic carboxylic acids is 1. The Morgan fingerprint density at radius 2 is 2.00 bits per heavy atom. The zero-order valence-corrected chi connectivity index (χ0v) is 8.28. The molecule has 5 nitrogen and oxygen atoms in total. The first-order valence-corrected chi connectivity index (χ1v) is 4.37. The summed E-state index contributed by atoms with van der Waals surface area (Å²) in [6.45, 7) is 3.31. The van der Waals surface area contributed by atoms with Gasteiger partial charge in [0.25, 0.3) is 0 Å². The molecule has 0 aromatic rings. The molecule has 1 atom stereocenters. The van der Waals surface area contributed by atoms with Crippen LogP contribution in [0.5, 0.6) is 0 Å². The second-order valence-electron chi connectivity index (χ2n) is 2.92. The third kappa shape index (κ3) is 2.83. The molecule has 0 rings (SSSR count). The van der Waals surface area contributed by atoms with Crippen LogP contribution in [-0.2, 0) is 19.1 Å². The fourth-order valence-electron chi connectivity index (χ4n) is 1.06. The minimum absolute atomic E-state index is 0.127. The minimum Gasteiger partial charge on any atom is -0.481 e. The van der Waals surface area contributed by atoms with Gasteiger partial charge in [-0.2, -0.15) is 0 Å². The Morgan fingerprint density at radius 3 is 2.29 bits per heavy atom. The molecule has 1 N–H and O–H groups in total. The van der Waals surface area contributed by atoms with Crippen LogP contribution in [-0.4, -0.2) is 29.9 Å². The molecular weight excluding hydrogens is 188 g/mol. The molecule has 0 amide bonds. The first-order valence-electron chi connectivity index (χ1n) is 4.37. The highest BCUT2D eigenvalue weighted by atomic mass is 16.5. The van der Waals surface area contributed by atoms with Crippen molar-refractivity contribution >= 4 is 18.2 Å². The van der Waals surface area contributed by atoms with Crippen molar-refractivity contribution in [2.45, 2.75) is 26.7 Å². The molecule has 0 saturated heterocycles. The average Bonchev–Trinajstić information content (AvgIpc) is 2.14. The highest BCUT2D eigenvalue weighted by Gasteiger charge is 2.40. The lowest BCUT2D eigenvalue weighted by Gasteiger charge is -2.21. The van der Waals surface area contributed by atoms with Crippen LogP contribution in [0.25, 0.3) is 0 Å². The van der Waals surface area contributed by atoms with Gasteiger partial charge in [0.2, 0.25) is 0 Å². The maximum Gasteiger partial charge on any atom is 0.319 e. The van der Waals surface area contributed by atoms with Crippen molar-refractivity contribution in [3.8, 4) is 0 Å². The van der Waals surface area contributed by atoms with Crippen LogP contribution in [0.15, 0.2) is 0 Å². The topological polar surface area (TPSA) is 80.7 Å². The maximum absolute atomic E-state index is 11.3. The monoisotopic (exact) mass is 202 g/mol. The Hall–Kier alpha value is -1.39. The number of ether oxygens (including phenoxy) is 1. The van der Waals surface area contributed by atoms with Gasteiger partial charge in [-0.1, -0.05) is 6.92 Å². The van der Waals surface area contributed by atoms with Crippen LogP contribution in [0.4, 0.5) is 0 Å². The molecule has 0 bridgehead atoms. The maximum atomic E-state index is 11.3. The van der Waals surface area contributed by atoms with Gasteiger partial charge in [-0.05, 0) is 13.3 Å². The number of carbonyl (C=O) groups excluding carboxylic acids is 2. The van der Waals surface area contributed by atoms with Crippen LogP contribution in [0.2, 0.25) is 0 Å². The molecule has 0 aliphatic heterocycles. The summed E-state index contributed by atoms with van der Waals surface area (Å²) in [4.78, 5) is 32.6. The second-order valence-corrected chi connectivity index (χ2v) is 2.92. The summed E-state index contributed by atoms with van der Waals surface area (Å²) in [7, 11) is 0. The zero-order chi connectivity index (χ0) is 11.2. The molecule has 14 heavy (non-hydrogen) atoms. The molecule has 0 aliphatic rings. The first kappa shape index (κ1) is 12.6. The standard InChI is InChI=1S/C9H14O5/c1-3-9(6-10,5-7(11)12)8(13)14-4-2/h6H,3-5H2,1-2H3,(H,11,12). The molecule has 5 heteroatoms. The van der Waals surface area contributed by atoms with Crippen molar-refractivity contribution in [3.63, 3.8) is 0 Å². The smallest absolute Gasteiger partial charge is 0.319 e. The van der Waals surface area contributed by atoms with E-state index in [0.717, 1.165) is 0 Å². The van der Waals surface area contributed by atoms with E-state index in [0.29, 0.717) is 6.29 Å². The fraction of sp³-hybridized carbons (Fsp3) is 0.667. The van der Waals surface area contributed by atoms with Crippen molar-refractivity contribution in [2.75, 3.05) is 6.61 Å². The molecule has 0 radical (unpaired) electrons. The number of esters is 1. The number of rotatable bonds is 6. The lowest BCUT2D eigenvalue weighted by atomic mass is 9.83. The minimum atomic E-state index is -1.53. The Kier molecular flexibility index (Phi) is 4.83. The van der Waals surface area contributed by atoms with Gasteiger partial charge >= 0.3 is 11.9 Å². The van der Waals surface area contributed by atoms with Gasteiger partial charge in [0.1, 0.15) is 11.7 Å². The van der Waals surface area contributed by atoms with Crippen LogP contribution in [0.3, 0.4) is 0 Å². The van der Waals surface area contributed by atoms with E-state index in [9.17, 15) is 14.4 Å². The van der Waals surface area contributed by atoms with Gasteiger partial charge in [-0.25, -0.2) is 0 Å². The molecule has 0 fully saturated rings. The van der Waals surface area contributed by atoms with E-state index < -0.39 is 23.8 Å². The molecule has 0 aromatic heterocycles. The van der Waals surface area contributed by atoms with E-state index in [1.807, 2.05) is 0 Å². The van der Waals surface area contributed by atoms with E-state index in [4.69, 9.17) is 5.11 Å². The molecule has 0 saturated carbocycles. The van der Waals surface area contributed by atoms with E-state index in [1.54, 1.807) is 13.8 Å². The molecule has 0 aliphatic carbocycles. The molecule has 0 aromatic carbocycles. The summed E-state index contributed by atoms with van der Waals surface area (Å²) in [5.74, 6) is -1.95. The third-order valence-corrected chi connectivity index (χ3v) is 2.01. The number of carboxylic acids is 1. The second kappa shape index (κ2) is 5.36. The number of aldehydes is 1. The molecule has 1 unspecified atom stereocenters. The molecular formula is C9H14O5. The Labute approximate surface area is 82.1 Å². The Morgan fingerprint density at radius 1 is 1.43 bits per heavy atom. The predicted octanol–water partition coefficient (Wildman–Crippen LogP) is 0.620. The summed E-state index contributed by atoms with van der Waals surface area (Å²) >= 11 is 0. The van der Waals surface area contributed by atoms with Gasteiger partial charge in [0, 0.05) is 0 Å². The van der Waals surface area contributed by atoms with Crippen LogP contribution in [0, 0.1) is 5.41 Å². The Balaban J connectivity index is 4.76. The van der Waals surface area contributed by atoms with E-state index in [1.165, 1.54) is 0 Å². The average molecular weight is 202 g/mol.